The highest BCUT2D eigenvalue weighted by molar-refractivity contribution is 14.1. The number of carbonyl (C=O) groups excluding carboxylic acids is 1. The maximum absolute atomic E-state index is 14.5. The summed E-state index contributed by atoms with van der Waals surface area (Å²) in [5, 5.41) is 19.2. The summed E-state index contributed by atoms with van der Waals surface area (Å²) in [4.78, 5) is 27.8. The number of ether oxygens (including phenoxy) is 1. The topological polar surface area (TPSA) is 101 Å². The standard InChI is InChI=1S/C32H35IN4O4Si/c1-21-30(42(2,3)40)28(17-18-36-20-26(34-35-36)29(38)23-9-5-4-6-10-23)41-32(21)25-11-7-8-12-27(25)37(31(32)39)19-22-13-15-24(33)16-14-22/h4-16,20-21,28-30,38,40H,17-19H2,1-3H3/t21-,28+,29+,30-,32+/m0/s1. The Morgan fingerprint density at radius 3 is 2.45 bits per heavy atom. The summed E-state index contributed by atoms with van der Waals surface area (Å²) in [6, 6.07) is 25.5. The summed E-state index contributed by atoms with van der Waals surface area (Å²) < 4.78 is 9.75. The molecule has 1 aromatic heterocycles. The van der Waals surface area contributed by atoms with Gasteiger partial charge in [-0.3, -0.25) is 9.48 Å². The number of benzene rings is 3. The van der Waals surface area contributed by atoms with Crippen molar-refractivity contribution >= 4 is 42.5 Å². The number of fused-ring (bicyclic) bond motifs is 2. The Bertz CT molecular complexity index is 1580. The number of aliphatic hydroxyl groups is 1. The average Bonchev–Trinajstić information content (AvgIpc) is 3.64. The minimum absolute atomic E-state index is 0.0745. The summed E-state index contributed by atoms with van der Waals surface area (Å²) in [5.74, 6) is -0.301. The molecule has 4 aromatic rings. The van der Waals surface area contributed by atoms with Crippen molar-refractivity contribution in [2.45, 2.75) is 62.9 Å². The molecule has 0 aliphatic carbocycles. The number of anilines is 1. The summed E-state index contributed by atoms with van der Waals surface area (Å²) in [6.45, 7) is 6.85. The molecule has 3 heterocycles. The fourth-order valence-corrected chi connectivity index (χ4v) is 9.81. The van der Waals surface area contributed by atoms with Gasteiger partial charge in [-0.15, -0.1) is 5.10 Å². The Morgan fingerprint density at radius 2 is 1.74 bits per heavy atom. The predicted octanol–water partition coefficient (Wildman–Crippen LogP) is 5.40. The number of nitrogens with zero attached hydrogens (tertiary/aromatic N) is 4. The quantitative estimate of drug-likeness (QED) is 0.189. The van der Waals surface area contributed by atoms with Crippen LogP contribution < -0.4 is 4.90 Å². The Balaban J connectivity index is 1.27. The zero-order chi connectivity index (χ0) is 29.6. The first-order valence-electron chi connectivity index (χ1n) is 14.3. The van der Waals surface area contributed by atoms with Gasteiger partial charge in [-0.2, -0.15) is 0 Å². The van der Waals surface area contributed by atoms with Gasteiger partial charge >= 0.3 is 0 Å². The lowest BCUT2D eigenvalue weighted by Crippen LogP contribution is -2.46. The van der Waals surface area contributed by atoms with E-state index in [2.05, 4.69) is 52.0 Å². The highest BCUT2D eigenvalue weighted by atomic mass is 127. The molecule has 0 saturated carbocycles. The number of halogens is 1. The molecule has 1 fully saturated rings. The lowest BCUT2D eigenvalue weighted by atomic mass is 9.82. The van der Waals surface area contributed by atoms with Crippen molar-refractivity contribution in [1.82, 2.24) is 15.0 Å². The first-order valence-corrected chi connectivity index (χ1v) is 18.4. The van der Waals surface area contributed by atoms with Crippen molar-refractivity contribution in [3.8, 4) is 0 Å². The lowest BCUT2D eigenvalue weighted by molar-refractivity contribution is -0.146. The molecule has 8 nitrogen and oxygen atoms in total. The predicted molar refractivity (Wildman–Crippen MR) is 171 cm³/mol. The van der Waals surface area contributed by atoms with Crippen molar-refractivity contribution in [3.63, 3.8) is 0 Å². The number of carbonyl (C=O) groups is 1. The van der Waals surface area contributed by atoms with Crippen molar-refractivity contribution < 1.29 is 19.4 Å². The second kappa shape index (κ2) is 11.3. The molecule has 42 heavy (non-hydrogen) atoms. The first kappa shape index (κ1) is 29.2. The monoisotopic (exact) mass is 694 g/mol. The second-order valence-electron chi connectivity index (χ2n) is 11.9. The van der Waals surface area contributed by atoms with Gasteiger partial charge in [0.2, 0.25) is 0 Å². The molecule has 218 valence electrons. The van der Waals surface area contributed by atoms with Crippen LogP contribution in [-0.4, -0.2) is 45.2 Å². The van der Waals surface area contributed by atoms with E-state index >= 15 is 0 Å². The van der Waals surface area contributed by atoms with Crippen LogP contribution in [-0.2, 0) is 28.2 Å². The SMILES string of the molecule is C[C@H]1[C@H]([Si](C)(C)O)[C@@H](CCn2cc([C@H](O)c3ccccc3)nn2)O[C@]12C(=O)N(Cc1ccc(I)cc1)c1ccccc12. The van der Waals surface area contributed by atoms with E-state index in [0.717, 1.165) is 25.9 Å². The zero-order valence-corrected chi connectivity index (χ0v) is 27.0. The van der Waals surface area contributed by atoms with Crippen LogP contribution in [0.25, 0.3) is 0 Å². The summed E-state index contributed by atoms with van der Waals surface area (Å²) in [6.07, 6.45) is 1.08. The van der Waals surface area contributed by atoms with Gasteiger partial charge in [0.05, 0.1) is 24.5 Å². The van der Waals surface area contributed by atoms with Crippen molar-refractivity contribution in [2.75, 3.05) is 4.90 Å². The maximum Gasteiger partial charge on any atom is 0.264 e. The number of para-hydroxylation sites is 1. The van der Waals surface area contributed by atoms with E-state index in [-0.39, 0.29) is 23.5 Å². The van der Waals surface area contributed by atoms with Crippen LogP contribution in [0, 0.1) is 9.49 Å². The molecule has 0 unspecified atom stereocenters. The van der Waals surface area contributed by atoms with Gasteiger partial charge in [-0.1, -0.05) is 72.8 Å². The van der Waals surface area contributed by atoms with Crippen molar-refractivity contribution in [3.05, 3.63) is 111 Å². The van der Waals surface area contributed by atoms with Crippen LogP contribution in [0.4, 0.5) is 5.69 Å². The fourth-order valence-electron chi connectivity index (χ4n) is 6.84. The minimum atomic E-state index is -2.77. The van der Waals surface area contributed by atoms with Crippen LogP contribution in [0.1, 0.15) is 41.8 Å². The van der Waals surface area contributed by atoms with Crippen molar-refractivity contribution in [2.24, 2.45) is 5.92 Å². The van der Waals surface area contributed by atoms with Gasteiger partial charge < -0.3 is 19.5 Å². The molecule has 2 aliphatic heterocycles. The number of aromatic nitrogens is 3. The Morgan fingerprint density at radius 1 is 1.05 bits per heavy atom. The largest absolute Gasteiger partial charge is 0.432 e. The smallest absolute Gasteiger partial charge is 0.264 e. The van der Waals surface area contributed by atoms with Gasteiger partial charge in [-0.25, -0.2) is 0 Å². The van der Waals surface area contributed by atoms with E-state index in [0.29, 0.717) is 25.2 Å². The Kier molecular flexibility index (Phi) is 7.86. The Labute approximate surface area is 260 Å². The van der Waals surface area contributed by atoms with Crippen LogP contribution in [0.5, 0.6) is 0 Å². The number of hydrogen-bond donors (Lipinski definition) is 2. The Hall–Kier alpha value is -2.90. The number of rotatable bonds is 8. The molecule has 3 aromatic carbocycles. The third-order valence-electron chi connectivity index (χ3n) is 8.74. The molecule has 10 heteroatoms. The highest BCUT2D eigenvalue weighted by Crippen LogP contribution is 2.59. The van der Waals surface area contributed by atoms with Gasteiger partial charge in [0.25, 0.3) is 5.91 Å². The van der Waals surface area contributed by atoms with Gasteiger partial charge in [-0.05, 0) is 71.4 Å². The molecule has 0 bridgehead atoms. The van der Waals surface area contributed by atoms with Gasteiger partial charge in [0.15, 0.2) is 13.9 Å². The molecule has 0 radical (unpaired) electrons. The number of hydrogen-bond acceptors (Lipinski definition) is 6. The van der Waals surface area contributed by atoms with Crippen LogP contribution in [0.2, 0.25) is 18.6 Å². The van der Waals surface area contributed by atoms with Crippen LogP contribution >= 0.6 is 22.6 Å². The molecular formula is C32H35IN4O4Si. The molecule has 6 rings (SSSR count). The third-order valence-corrected chi connectivity index (χ3v) is 12.0. The molecule has 1 amide bonds. The van der Waals surface area contributed by atoms with Crippen LogP contribution in [0.15, 0.2) is 85.1 Å². The molecule has 1 saturated heterocycles. The summed E-state index contributed by atoms with van der Waals surface area (Å²) in [5.41, 5.74) is 2.66. The number of aryl methyl sites for hydroxylation is 1. The number of amides is 1. The van der Waals surface area contributed by atoms with Gasteiger partial charge in [0, 0.05) is 27.1 Å². The second-order valence-corrected chi connectivity index (χ2v) is 17.1. The molecular weight excluding hydrogens is 659 g/mol. The number of aliphatic hydroxyl groups excluding tert-OH is 1. The molecule has 2 N–H and O–H groups in total. The average molecular weight is 695 g/mol. The third kappa shape index (κ3) is 5.13. The van der Waals surface area contributed by atoms with E-state index in [9.17, 15) is 14.7 Å². The lowest BCUT2D eigenvalue weighted by Gasteiger charge is -2.32. The van der Waals surface area contributed by atoms with E-state index < -0.39 is 20.0 Å². The van der Waals surface area contributed by atoms with E-state index in [4.69, 9.17) is 4.74 Å². The molecule has 1 spiro atoms. The summed E-state index contributed by atoms with van der Waals surface area (Å²) >= 11 is 2.28. The van der Waals surface area contributed by atoms with E-state index in [1.165, 1.54) is 0 Å². The highest BCUT2D eigenvalue weighted by Gasteiger charge is 2.66. The maximum atomic E-state index is 14.5. The first-order chi connectivity index (χ1) is 20.1. The van der Waals surface area contributed by atoms with Crippen molar-refractivity contribution in [1.29, 1.82) is 0 Å². The fraction of sp³-hybridized carbons (Fsp3) is 0.344. The van der Waals surface area contributed by atoms with Crippen LogP contribution in [0.3, 0.4) is 0 Å². The van der Waals surface area contributed by atoms with Gasteiger partial charge in [0.1, 0.15) is 11.8 Å². The normalized spacial score (nSPS) is 24.4. The zero-order valence-electron chi connectivity index (χ0n) is 23.9. The van der Waals surface area contributed by atoms with E-state index in [1.807, 2.05) is 84.7 Å². The molecule has 5 atom stereocenters. The minimum Gasteiger partial charge on any atom is -0.432 e. The van der Waals surface area contributed by atoms with E-state index in [1.54, 1.807) is 10.9 Å². The summed E-state index contributed by atoms with van der Waals surface area (Å²) in [7, 11) is -2.77. The molecule has 2 aliphatic rings.